The van der Waals surface area contributed by atoms with Crippen LogP contribution in [0.25, 0.3) is 11.0 Å². The zero-order valence-corrected chi connectivity index (χ0v) is 9.82. The van der Waals surface area contributed by atoms with Crippen LogP contribution in [0.1, 0.15) is 35.4 Å². The third kappa shape index (κ3) is 1.80. The van der Waals surface area contributed by atoms with Crippen LogP contribution in [0.4, 0.5) is 0 Å². The molecule has 0 spiro atoms. The van der Waals surface area contributed by atoms with E-state index in [-0.39, 0.29) is 5.78 Å². The second-order valence-corrected chi connectivity index (χ2v) is 4.60. The van der Waals surface area contributed by atoms with Crippen LogP contribution in [0.3, 0.4) is 0 Å². The first-order chi connectivity index (χ1) is 8.24. The molecule has 1 aromatic carbocycles. The van der Waals surface area contributed by atoms with Crippen molar-refractivity contribution in [1.82, 2.24) is 0 Å². The highest BCUT2D eigenvalue weighted by atomic mass is 16.3. The summed E-state index contributed by atoms with van der Waals surface area (Å²) in [4.78, 5) is 12.1. The van der Waals surface area contributed by atoms with Gasteiger partial charge >= 0.3 is 0 Å². The molecule has 1 aromatic heterocycles. The minimum atomic E-state index is 0.0522. The molecule has 0 N–H and O–H groups in total. The smallest absolute Gasteiger partial charge is 0.223 e. The Kier molecular flexibility index (Phi) is 2.36. The molecule has 0 radical (unpaired) electrons. The monoisotopic (exact) mass is 226 g/mol. The van der Waals surface area contributed by atoms with Gasteiger partial charge in [-0.05, 0) is 50.0 Å². The summed E-state index contributed by atoms with van der Waals surface area (Å²) in [5.74, 6) is 0.523. The van der Waals surface area contributed by atoms with Gasteiger partial charge in [-0.3, -0.25) is 4.79 Å². The topological polar surface area (TPSA) is 30.2 Å². The highest BCUT2D eigenvalue weighted by Gasteiger charge is 2.18. The van der Waals surface area contributed by atoms with Crippen LogP contribution < -0.4 is 0 Å². The summed E-state index contributed by atoms with van der Waals surface area (Å²) < 4.78 is 5.61. The van der Waals surface area contributed by atoms with Crippen LogP contribution in [0, 0.1) is 6.92 Å². The zero-order valence-electron chi connectivity index (χ0n) is 9.82. The van der Waals surface area contributed by atoms with Crippen LogP contribution in [-0.2, 0) is 0 Å². The molecule has 0 atom stereocenters. The second kappa shape index (κ2) is 3.88. The van der Waals surface area contributed by atoms with Crippen LogP contribution >= 0.6 is 0 Å². The van der Waals surface area contributed by atoms with E-state index in [0.29, 0.717) is 5.76 Å². The molecule has 0 amide bonds. The average molecular weight is 226 g/mol. The molecule has 86 valence electrons. The van der Waals surface area contributed by atoms with Crippen molar-refractivity contribution >= 4 is 16.8 Å². The van der Waals surface area contributed by atoms with E-state index in [1.54, 1.807) is 0 Å². The Bertz CT molecular complexity index is 617. The van der Waals surface area contributed by atoms with E-state index in [9.17, 15) is 4.79 Å². The number of hydrogen-bond donors (Lipinski definition) is 0. The Balaban J connectivity index is 2.03. The van der Waals surface area contributed by atoms with Crippen LogP contribution in [0.15, 0.2) is 40.3 Å². The SMILES string of the molecule is Cc1ccc2oc(C(=O)C3=CCCC3)cc2c1. The molecular weight excluding hydrogens is 212 g/mol. The van der Waals surface area contributed by atoms with Crippen molar-refractivity contribution in [3.05, 3.63) is 47.2 Å². The third-order valence-electron chi connectivity index (χ3n) is 3.23. The van der Waals surface area contributed by atoms with Gasteiger partial charge in [0, 0.05) is 5.39 Å². The Morgan fingerprint density at radius 2 is 2.18 bits per heavy atom. The number of hydrogen-bond acceptors (Lipinski definition) is 2. The number of fused-ring (bicyclic) bond motifs is 1. The maximum absolute atomic E-state index is 12.1. The Labute approximate surface area is 99.9 Å². The number of rotatable bonds is 2. The molecule has 0 aliphatic heterocycles. The third-order valence-corrected chi connectivity index (χ3v) is 3.23. The van der Waals surface area contributed by atoms with Crippen molar-refractivity contribution in [2.24, 2.45) is 0 Å². The highest BCUT2D eigenvalue weighted by molar-refractivity contribution is 6.08. The first-order valence-electron chi connectivity index (χ1n) is 5.98. The van der Waals surface area contributed by atoms with Gasteiger partial charge in [-0.1, -0.05) is 17.7 Å². The second-order valence-electron chi connectivity index (χ2n) is 4.60. The van der Waals surface area contributed by atoms with Gasteiger partial charge in [0.1, 0.15) is 5.58 Å². The molecular formula is C15H14O2. The fourth-order valence-corrected chi connectivity index (χ4v) is 2.31. The summed E-state index contributed by atoms with van der Waals surface area (Å²) in [6.07, 6.45) is 5.01. The fourth-order valence-electron chi connectivity index (χ4n) is 2.31. The molecule has 0 bridgehead atoms. The molecule has 3 rings (SSSR count). The molecule has 2 heteroatoms. The van der Waals surface area contributed by atoms with Crippen molar-refractivity contribution < 1.29 is 9.21 Å². The van der Waals surface area contributed by atoms with Gasteiger partial charge in [0.05, 0.1) is 0 Å². The van der Waals surface area contributed by atoms with Gasteiger partial charge in [0.2, 0.25) is 5.78 Å². The number of benzene rings is 1. The van der Waals surface area contributed by atoms with Gasteiger partial charge in [-0.2, -0.15) is 0 Å². The van der Waals surface area contributed by atoms with E-state index in [1.165, 1.54) is 5.56 Å². The lowest BCUT2D eigenvalue weighted by atomic mass is 10.1. The molecule has 2 nitrogen and oxygen atoms in total. The molecule has 0 saturated heterocycles. The lowest BCUT2D eigenvalue weighted by molar-refractivity contribution is 0.100. The van der Waals surface area contributed by atoms with Gasteiger partial charge in [-0.25, -0.2) is 0 Å². The number of furan rings is 1. The molecule has 2 aromatic rings. The highest BCUT2D eigenvalue weighted by Crippen LogP contribution is 2.26. The van der Waals surface area contributed by atoms with Crippen molar-refractivity contribution in [3.63, 3.8) is 0 Å². The van der Waals surface area contributed by atoms with Gasteiger partial charge in [-0.15, -0.1) is 0 Å². The van der Waals surface area contributed by atoms with E-state index in [2.05, 4.69) is 0 Å². The van der Waals surface area contributed by atoms with Crippen molar-refractivity contribution in [1.29, 1.82) is 0 Å². The normalized spacial score (nSPS) is 15.2. The summed E-state index contributed by atoms with van der Waals surface area (Å²) in [7, 11) is 0. The number of ketones is 1. The summed E-state index contributed by atoms with van der Waals surface area (Å²) in [6.45, 7) is 2.04. The average Bonchev–Trinajstić information content (AvgIpc) is 2.96. The first kappa shape index (κ1) is 10.3. The maximum Gasteiger partial charge on any atom is 0.223 e. The lowest BCUT2D eigenvalue weighted by Crippen LogP contribution is -1.99. The molecule has 1 heterocycles. The van der Waals surface area contributed by atoms with E-state index in [4.69, 9.17) is 4.42 Å². The quantitative estimate of drug-likeness (QED) is 0.723. The lowest BCUT2D eigenvalue weighted by Gasteiger charge is -1.95. The van der Waals surface area contributed by atoms with Crippen molar-refractivity contribution in [3.8, 4) is 0 Å². The molecule has 17 heavy (non-hydrogen) atoms. The summed E-state index contributed by atoms with van der Waals surface area (Å²) in [5, 5.41) is 1.01. The number of aryl methyl sites for hydroxylation is 1. The molecule has 0 unspecified atom stereocenters. The molecule has 1 aliphatic rings. The number of carbonyl (C=O) groups excluding carboxylic acids is 1. The zero-order chi connectivity index (χ0) is 11.8. The van der Waals surface area contributed by atoms with Gasteiger partial charge in [0.25, 0.3) is 0 Å². The van der Waals surface area contributed by atoms with E-state index in [1.807, 2.05) is 37.3 Å². The molecule has 0 fully saturated rings. The molecule has 1 aliphatic carbocycles. The summed E-state index contributed by atoms with van der Waals surface area (Å²) >= 11 is 0. The Morgan fingerprint density at radius 3 is 2.94 bits per heavy atom. The van der Waals surface area contributed by atoms with E-state index in [0.717, 1.165) is 35.8 Å². The fraction of sp³-hybridized carbons (Fsp3) is 0.267. The maximum atomic E-state index is 12.1. The largest absolute Gasteiger partial charge is 0.453 e. The predicted molar refractivity (Wildman–Crippen MR) is 67.2 cm³/mol. The van der Waals surface area contributed by atoms with E-state index >= 15 is 0 Å². The Morgan fingerprint density at radius 1 is 1.29 bits per heavy atom. The minimum Gasteiger partial charge on any atom is -0.453 e. The van der Waals surface area contributed by atoms with Gasteiger partial charge in [0.15, 0.2) is 5.76 Å². The van der Waals surface area contributed by atoms with Crippen molar-refractivity contribution in [2.75, 3.05) is 0 Å². The first-order valence-corrected chi connectivity index (χ1v) is 5.98. The number of Topliss-reactive ketones (excluding diaryl/α,β-unsaturated/α-hetero) is 1. The van der Waals surface area contributed by atoms with Crippen LogP contribution in [0.5, 0.6) is 0 Å². The van der Waals surface area contributed by atoms with Crippen molar-refractivity contribution in [2.45, 2.75) is 26.2 Å². The number of carbonyl (C=O) groups is 1. The van der Waals surface area contributed by atoms with Gasteiger partial charge < -0.3 is 4.42 Å². The predicted octanol–water partition coefficient (Wildman–Crippen LogP) is 4.03. The minimum absolute atomic E-state index is 0.0522. The van der Waals surface area contributed by atoms with Crippen LogP contribution in [-0.4, -0.2) is 5.78 Å². The Hall–Kier alpha value is -1.83. The number of allylic oxidation sites excluding steroid dienone is 2. The summed E-state index contributed by atoms with van der Waals surface area (Å²) in [5.41, 5.74) is 2.87. The molecule has 0 saturated carbocycles. The summed E-state index contributed by atoms with van der Waals surface area (Å²) in [6, 6.07) is 7.81. The standard InChI is InChI=1S/C15H14O2/c1-10-6-7-13-12(8-10)9-14(17-13)15(16)11-4-2-3-5-11/h4,6-9H,2-3,5H2,1H3. The van der Waals surface area contributed by atoms with E-state index < -0.39 is 0 Å². The van der Waals surface area contributed by atoms with Crippen LogP contribution in [0.2, 0.25) is 0 Å².